The Morgan fingerprint density at radius 2 is 2.07 bits per heavy atom. The molecule has 1 aliphatic rings. The number of nitrogens with one attached hydrogen (secondary N) is 2. The number of carbonyl (C=O) groups is 1. The summed E-state index contributed by atoms with van der Waals surface area (Å²) in [6.07, 6.45) is 0.297. The van der Waals surface area contributed by atoms with Crippen LogP contribution in [0, 0.1) is 16.7 Å². The smallest absolute Gasteiger partial charge is 0.231 e. The van der Waals surface area contributed by atoms with Gasteiger partial charge in [-0.1, -0.05) is 30.3 Å². The molecule has 27 heavy (non-hydrogen) atoms. The van der Waals surface area contributed by atoms with Gasteiger partial charge in [0.1, 0.15) is 0 Å². The molecule has 1 amide bonds. The molecule has 4 rings (SSSR count). The van der Waals surface area contributed by atoms with Gasteiger partial charge in [-0.05, 0) is 46.5 Å². The number of guanidine groups is 1. The van der Waals surface area contributed by atoms with Crippen LogP contribution < -0.4 is 5.32 Å². The molecule has 1 aromatic heterocycles. The molecule has 3 aromatic rings. The van der Waals surface area contributed by atoms with E-state index in [1.807, 2.05) is 31.2 Å². The minimum Gasteiger partial charge on any atom is -0.346 e. The fourth-order valence-electron chi connectivity index (χ4n) is 3.57. The van der Waals surface area contributed by atoms with Gasteiger partial charge in [-0.25, -0.2) is 0 Å². The Kier molecular flexibility index (Phi) is 3.97. The largest absolute Gasteiger partial charge is 0.346 e. The molecule has 1 saturated heterocycles. The van der Waals surface area contributed by atoms with Crippen LogP contribution in [0.25, 0.3) is 21.2 Å². The molecule has 0 aliphatic carbocycles. The van der Waals surface area contributed by atoms with E-state index in [-0.39, 0.29) is 11.9 Å². The van der Waals surface area contributed by atoms with Gasteiger partial charge in [-0.15, -0.1) is 11.3 Å². The minimum absolute atomic E-state index is 0.0709. The summed E-state index contributed by atoms with van der Waals surface area (Å²) >= 11 is 1.63. The second-order valence-electron chi connectivity index (χ2n) is 6.96. The van der Waals surface area contributed by atoms with Crippen LogP contribution in [0.4, 0.5) is 0 Å². The van der Waals surface area contributed by atoms with E-state index in [9.17, 15) is 10.1 Å². The second-order valence-corrected chi connectivity index (χ2v) is 7.84. The lowest BCUT2D eigenvalue weighted by atomic mass is 9.86. The average molecular weight is 374 g/mol. The first kappa shape index (κ1) is 17.3. The average Bonchev–Trinajstić information content (AvgIpc) is 3.11. The van der Waals surface area contributed by atoms with E-state index >= 15 is 0 Å². The summed E-state index contributed by atoms with van der Waals surface area (Å²) in [7, 11) is 1.61. The first-order chi connectivity index (χ1) is 12.9. The molecule has 134 valence electrons. The summed E-state index contributed by atoms with van der Waals surface area (Å²) in [6, 6.07) is 15.9. The van der Waals surface area contributed by atoms with Crippen LogP contribution in [-0.2, 0) is 10.3 Å². The van der Waals surface area contributed by atoms with Gasteiger partial charge < -0.3 is 5.32 Å². The van der Waals surface area contributed by atoms with Crippen molar-refractivity contribution in [1.82, 2.24) is 10.2 Å². The molecule has 1 atom stereocenters. The number of fused-ring (bicyclic) bond motifs is 1. The number of rotatable bonds is 2. The van der Waals surface area contributed by atoms with Crippen molar-refractivity contribution in [1.29, 1.82) is 10.7 Å². The Labute approximate surface area is 161 Å². The number of thiophene rings is 1. The fraction of sp³-hybridized carbons (Fsp3) is 0.190. The molecule has 6 heteroatoms. The second kappa shape index (κ2) is 6.22. The van der Waals surface area contributed by atoms with Crippen LogP contribution in [0.3, 0.4) is 0 Å². The highest BCUT2D eigenvalue weighted by Gasteiger charge is 2.39. The molecular formula is C21H18N4OS. The zero-order valence-electron chi connectivity index (χ0n) is 15.0. The SMILES string of the molecule is CN1C(=N)N[C@@](C)(c2csc3c(-c4cccc(C#N)c4)cccc23)CC1=O. The van der Waals surface area contributed by atoms with E-state index in [0.717, 1.165) is 26.8 Å². The molecule has 0 saturated carbocycles. The molecule has 0 radical (unpaired) electrons. The monoisotopic (exact) mass is 374 g/mol. The summed E-state index contributed by atoms with van der Waals surface area (Å²) < 4.78 is 1.11. The molecular weight excluding hydrogens is 356 g/mol. The summed E-state index contributed by atoms with van der Waals surface area (Å²) in [5, 5.41) is 23.6. The number of nitriles is 1. The minimum atomic E-state index is -0.619. The van der Waals surface area contributed by atoms with Crippen LogP contribution in [0.15, 0.2) is 47.8 Å². The Balaban J connectivity index is 1.85. The molecule has 2 heterocycles. The zero-order valence-corrected chi connectivity index (χ0v) is 15.9. The van der Waals surface area contributed by atoms with Crippen molar-refractivity contribution >= 4 is 33.3 Å². The fourth-order valence-corrected chi connectivity index (χ4v) is 4.81. The van der Waals surface area contributed by atoms with Crippen molar-refractivity contribution in [3.63, 3.8) is 0 Å². The molecule has 2 N–H and O–H groups in total. The first-order valence-electron chi connectivity index (χ1n) is 8.57. The van der Waals surface area contributed by atoms with E-state index < -0.39 is 5.54 Å². The van der Waals surface area contributed by atoms with Crippen LogP contribution in [0.1, 0.15) is 24.5 Å². The number of benzene rings is 2. The maximum Gasteiger partial charge on any atom is 0.231 e. The molecule has 0 spiro atoms. The normalized spacial score (nSPS) is 19.8. The van der Waals surface area contributed by atoms with Crippen LogP contribution >= 0.6 is 11.3 Å². The topological polar surface area (TPSA) is 80.0 Å². The lowest BCUT2D eigenvalue weighted by Crippen LogP contribution is -2.58. The third kappa shape index (κ3) is 2.77. The maximum absolute atomic E-state index is 12.3. The Bertz CT molecular complexity index is 1110. The molecule has 0 unspecified atom stereocenters. The summed E-state index contributed by atoms with van der Waals surface area (Å²) in [6.45, 7) is 1.97. The number of hydrogen-bond donors (Lipinski definition) is 2. The predicted octanol–water partition coefficient (Wildman–Crippen LogP) is 4.04. The highest BCUT2D eigenvalue weighted by atomic mass is 32.1. The van der Waals surface area contributed by atoms with Crippen LogP contribution in [0.5, 0.6) is 0 Å². The highest BCUT2D eigenvalue weighted by molar-refractivity contribution is 7.18. The zero-order chi connectivity index (χ0) is 19.2. The van der Waals surface area contributed by atoms with Gasteiger partial charge in [0.05, 0.1) is 23.6 Å². The van der Waals surface area contributed by atoms with Crippen molar-refractivity contribution in [2.45, 2.75) is 18.9 Å². The van der Waals surface area contributed by atoms with Gasteiger partial charge in [0, 0.05) is 11.7 Å². The lowest BCUT2D eigenvalue weighted by molar-refractivity contribution is -0.129. The van der Waals surface area contributed by atoms with Gasteiger partial charge in [-0.2, -0.15) is 5.26 Å². The van der Waals surface area contributed by atoms with Gasteiger partial charge >= 0.3 is 0 Å². The van der Waals surface area contributed by atoms with Gasteiger partial charge in [-0.3, -0.25) is 15.1 Å². The van der Waals surface area contributed by atoms with Crippen molar-refractivity contribution in [2.75, 3.05) is 7.05 Å². The number of nitrogens with zero attached hydrogens (tertiary/aromatic N) is 2. The Morgan fingerprint density at radius 3 is 2.81 bits per heavy atom. The van der Waals surface area contributed by atoms with Crippen molar-refractivity contribution in [2.24, 2.45) is 0 Å². The van der Waals surface area contributed by atoms with E-state index in [1.165, 1.54) is 4.90 Å². The van der Waals surface area contributed by atoms with Crippen molar-refractivity contribution in [3.05, 3.63) is 59.0 Å². The van der Waals surface area contributed by atoms with Crippen molar-refractivity contribution < 1.29 is 4.79 Å². The molecule has 0 bridgehead atoms. The van der Waals surface area contributed by atoms with E-state index in [2.05, 4.69) is 28.9 Å². The first-order valence-corrected chi connectivity index (χ1v) is 9.45. The molecule has 5 nitrogen and oxygen atoms in total. The number of amides is 1. The van der Waals surface area contributed by atoms with E-state index in [0.29, 0.717) is 12.0 Å². The predicted molar refractivity (Wildman–Crippen MR) is 108 cm³/mol. The number of carbonyl (C=O) groups excluding carboxylic acids is 1. The van der Waals surface area contributed by atoms with Gasteiger partial charge in [0.2, 0.25) is 5.91 Å². The summed E-state index contributed by atoms with van der Waals surface area (Å²) in [5.41, 5.74) is 3.10. The molecule has 2 aromatic carbocycles. The Morgan fingerprint density at radius 1 is 1.30 bits per heavy atom. The van der Waals surface area contributed by atoms with Crippen LogP contribution in [-0.4, -0.2) is 23.8 Å². The third-order valence-electron chi connectivity index (χ3n) is 5.11. The van der Waals surface area contributed by atoms with E-state index in [1.54, 1.807) is 24.5 Å². The highest BCUT2D eigenvalue weighted by Crippen LogP contribution is 2.41. The number of hydrogen-bond acceptors (Lipinski definition) is 4. The molecule has 1 aliphatic heterocycles. The maximum atomic E-state index is 12.3. The summed E-state index contributed by atoms with van der Waals surface area (Å²) in [4.78, 5) is 13.7. The van der Waals surface area contributed by atoms with Crippen LogP contribution in [0.2, 0.25) is 0 Å². The van der Waals surface area contributed by atoms with Crippen molar-refractivity contribution in [3.8, 4) is 17.2 Å². The summed E-state index contributed by atoms with van der Waals surface area (Å²) in [5.74, 6) is 0.0458. The lowest BCUT2D eigenvalue weighted by Gasteiger charge is -2.39. The standard InChI is InChI=1S/C21H18N4OS/c1-21(10-18(26)25(2)20(23)24-21)17-12-27-19-15(7-4-8-16(17)19)14-6-3-5-13(9-14)11-22/h3-9,12H,10H2,1-2H3,(H2,23,24)/t21-/m1/s1. The quantitative estimate of drug-likeness (QED) is 0.710. The van der Waals surface area contributed by atoms with E-state index in [4.69, 9.17) is 5.41 Å². The van der Waals surface area contributed by atoms with Gasteiger partial charge in [0.25, 0.3) is 0 Å². The molecule has 1 fully saturated rings. The van der Waals surface area contributed by atoms with Gasteiger partial charge in [0.15, 0.2) is 5.96 Å². The Hall–Kier alpha value is -3.17. The third-order valence-corrected chi connectivity index (χ3v) is 6.13.